The van der Waals surface area contributed by atoms with Gasteiger partial charge in [0, 0.05) is 12.0 Å². The highest BCUT2D eigenvalue weighted by atomic mass is 16.3. The number of nitrogens with one attached hydrogen (secondary N) is 1. The minimum atomic E-state index is -0.544. The summed E-state index contributed by atoms with van der Waals surface area (Å²) in [5.41, 5.74) is 5.11. The van der Waals surface area contributed by atoms with E-state index in [1.54, 1.807) is 13.8 Å². The Bertz CT molecular complexity index is 207. The maximum atomic E-state index is 11.5. The highest BCUT2D eigenvalue weighted by molar-refractivity contribution is 5.78. The molecule has 1 rings (SSSR count). The minimum Gasteiger partial charge on any atom is -0.394 e. The Kier molecular flexibility index (Phi) is 3.17. The molecule has 0 aromatic rings. The van der Waals surface area contributed by atoms with Gasteiger partial charge in [0.1, 0.15) is 0 Å². The maximum absolute atomic E-state index is 11.5. The Labute approximate surface area is 84.9 Å². The molecule has 0 unspecified atom stereocenters. The average Bonchev–Trinajstić information content (AvgIpc) is 2.00. The predicted octanol–water partition coefficient (Wildman–Crippen LogP) is 0.145. The lowest BCUT2D eigenvalue weighted by molar-refractivity contribution is -0.125. The standard InChI is InChI=1S/C10H20N2O2/c1-9(2,7-13)12-8(14)6-10(11)4-3-5-10/h13H,3-7,11H2,1-2H3,(H,12,14). The minimum absolute atomic E-state index is 0.0592. The smallest absolute Gasteiger partial charge is 0.222 e. The van der Waals surface area contributed by atoms with Crippen LogP contribution in [0, 0.1) is 0 Å². The van der Waals surface area contributed by atoms with Crippen molar-refractivity contribution in [1.29, 1.82) is 0 Å². The van der Waals surface area contributed by atoms with Gasteiger partial charge in [-0.25, -0.2) is 0 Å². The first kappa shape index (κ1) is 11.5. The molecule has 0 aliphatic heterocycles. The van der Waals surface area contributed by atoms with Crippen LogP contribution in [0.5, 0.6) is 0 Å². The number of amides is 1. The van der Waals surface area contributed by atoms with Crippen molar-refractivity contribution < 1.29 is 9.90 Å². The molecule has 1 aliphatic carbocycles. The van der Waals surface area contributed by atoms with Gasteiger partial charge in [-0.15, -0.1) is 0 Å². The third-order valence-corrected chi connectivity index (χ3v) is 2.74. The van der Waals surface area contributed by atoms with Gasteiger partial charge in [-0.1, -0.05) is 0 Å². The van der Waals surface area contributed by atoms with E-state index in [1.807, 2.05) is 0 Å². The molecular weight excluding hydrogens is 180 g/mol. The van der Waals surface area contributed by atoms with Gasteiger partial charge >= 0.3 is 0 Å². The molecule has 0 saturated heterocycles. The summed E-state index contributed by atoms with van der Waals surface area (Å²) < 4.78 is 0. The van der Waals surface area contributed by atoms with Gasteiger partial charge in [-0.3, -0.25) is 4.79 Å². The molecule has 82 valence electrons. The van der Waals surface area contributed by atoms with Crippen molar-refractivity contribution in [1.82, 2.24) is 5.32 Å². The van der Waals surface area contributed by atoms with Crippen molar-refractivity contribution in [3.8, 4) is 0 Å². The van der Waals surface area contributed by atoms with E-state index in [1.165, 1.54) is 0 Å². The fraction of sp³-hybridized carbons (Fsp3) is 0.900. The summed E-state index contributed by atoms with van der Waals surface area (Å²) in [6, 6.07) is 0. The van der Waals surface area contributed by atoms with Gasteiger partial charge in [0.25, 0.3) is 0 Å². The van der Waals surface area contributed by atoms with Crippen LogP contribution in [0.15, 0.2) is 0 Å². The molecule has 0 radical (unpaired) electrons. The molecule has 0 heterocycles. The number of carbonyl (C=O) groups is 1. The summed E-state index contributed by atoms with van der Waals surface area (Å²) in [4.78, 5) is 11.5. The second kappa shape index (κ2) is 3.87. The van der Waals surface area contributed by atoms with Gasteiger partial charge in [-0.05, 0) is 33.1 Å². The molecule has 1 fully saturated rings. The Morgan fingerprint density at radius 1 is 1.57 bits per heavy atom. The predicted molar refractivity (Wildman–Crippen MR) is 54.7 cm³/mol. The first-order valence-corrected chi connectivity index (χ1v) is 5.08. The number of hydrogen-bond acceptors (Lipinski definition) is 3. The maximum Gasteiger partial charge on any atom is 0.222 e. The summed E-state index contributed by atoms with van der Waals surface area (Å²) in [6.07, 6.45) is 3.35. The van der Waals surface area contributed by atoms with E-state index < -0.39 is 5.54 Å². The average molecular weight is 200 g/mol. The van der Waals surface area contributed by atoms with Gasteiger partial charge in [0.05, 0.1) is 12.1 Å². The zero-order chi connectivity index (χ0) is 10.8. The van der Waals surface area contributed by atoms with Crippen LogP contribution in [-0.4, -0.2) is 28.7 Å². The molecule has 1 aliphatic rings. The van der Waals surface area contributed by atoms with Gasteiger partial charge < -0.3 is 16.2 Å². The number of carbonyl (C=O) groups excluding carboxylic acids is 1. The van der Waals surface area contributed by atoms with Crippen LogP contribution in [0.25, 0.3) is 0 Å². The van der Waals surface area contributed by atoms with Crippen molar-refractivity contribution in [2.45, 2.75) is 50.6 Å². The van der Waals surface area contributed by atoms with Crippen LogP contribution < -0.4 is 11.1 Å². The van der Waals surface area contributed by atoms with Crippen LogP contribution in [0.2, 0.25) is 0 Å². The highest BCUT2D eigenvalue weighted by Crippen LogP contribution is 2.32. The number of nitrogens with two attached hydrogens (primary N) is 1. The summed E-state index contributed by atoms with van der Waals surface area (Å²) in [5.74, 6) is -0.0637. The summed E-state index contributed by atoms with van der Waals surface area (Å²) in [5, 5.41) is 11.7. The van der Waals surface area contributed by atoms with E-state index in [0.717, 1.165) is 19.3 Å². The second-order valence-corrected chi connectivity index (χ2v) is 4.98. The number of hydrogen-bond donors (Lipinski definition) is 3. The second-order valence-electron chi connectivity index (χ2n) is 4.98. The van der Waals surface area contributed by atoms with E-state index in [-0.39, 0.29) is 18.1 Å². The molecule has 0 atom stereocenters. The molecule has 0 aromatic heterocycles. The molecule has 4 N–H and O–H groups in total. The molecule has 0 aromatic carbocycles. The SMILES string of the molecule is CC(C)(CO)NC(=O)CC1(N)CCC1. The summed E-state index contributed by atoms with van der Waals surface area (Å²) in [7, 11) is 0. The first-order chi connectivity index (χ1) is 6.37. The first-order valence-electron chi connectivity index (χ1n) is 5.08. The number of aliphatic hydroxyl groups is 1. The summed E-state index contributed by atoms with van der Waals surface area (Å²) >= 11 is 0. The molecule has 1 saturated carbocycles. The van der Waals surface area contributed by atoms with E-state index in [4.69, 9.17) is 10.8 Å². The van der Waals surface area contributed by atoms with E-state index in [9.17, 15) is 4.79 Å². The van der Waals surface area contributed by atoms with E-state index in [2.05, 4.69) is 5.32 Å². The summed E-state index contributed by atoms with van der Waals surface area (Å²) in [6.45, 7) is 3.51. The topological polar surface area (TPSA) is 75.3 Å². The lowest BCUT2D eigenvalue weighted by atomic mass is 9.75. The molecule has 0 bridgehead atoms. The van der Waals surface area contributed by atoms with Crippen LogP contribution in [-0.2, 0) is 4.79 Å². The Morgan fingerprint density at radius 3 is 2.50 bits per heavy atom. The zero-order valence-electron chi connectivity index (χ0n) is 8.97. The van der Waals surface area contributed by atoms with Crippen molar-refractivity contribution >= 4 is 5.91 Å². The van der Waals surface area contributed by atoms with Gasteiger partial charge in [-0.2, -0.15) is 0 Å². The zero-order valence-corrected chi connectivity index (χ0v) is 8.97. The third kappa shape index (κ3) is 2.96. The largest absolute Gasteiger partial charge is 0.394 e. The molecule has 0 spiro atoms. The van der Waals surface area contributed by atoms with Crippen molar-refractivity contribution in [3.05, 3.63) is 0 Å². The third-order valence-electron chi connectivity index (χ3n) is 2.74. The van der Waals surface area contributed by atoms with Gasteiger partial charge in [0.15, 0.2) is 0 Å². The van der Waals surface area contributed by atoms with Crippen LogP contribution >= 0.6 is 0 Å². The van der Waals surface area contributed by atoms with Crippen LogP contribution in [0.1, 0.15) is 39.5 Å². The number of aliphatic hydroxyl groups excluding tert-OH is 1. The lowest BCUT2D eigenvalue weighted by Gasteiger charge is -2.38. The van der Waals surface area contributed by atoms with Crippen molar-refractivity contribution in [2.24, 2.45) is 5.73 Å². The fourth-order valence-electron chi connectivity index (χ4n) is 1.59. The van der Waals surface area contributed by atoms with Crippen LogP contribution in [0.3, 0.4) is 0 Å². The van der Waals surface area contributed by atoms with Crippen molar-refractivity contribution in [3.63, 3.8) is 0 Å². The lowest BCUT2D eigenvalue weighted by Crippen LogP contribution is -2.53. The molecule has 4 heteroatoms. The Morgan fingerprint density at radius 2 is 2.14 bits per heavy atom. The fourth-order valence-corrected chi connectivity index (χ4v) is 1.59. The van der Waals surface area contributed by atoms with Crippen LogP contribution in [0.4, 0.5) is 0 Å². The Balaban J connectivity index is 2.35. The quantitative estimate of drug-likeness (QED) is 0.604. The highest BCUT2D eigenvalue weighted by Gasteiger charge is 2.35. The Hall–Kier alpha value is -0.610. The molecule has 14 heavy (non-hydrogen) atoms. The molecular formula is C10H20N2O2. The van der Waals surface area contributed by atoms with Crippen molar-refractivity contribution in [2.75, 3.05) is 6.61 Å². The van der Waals surface area contributed by atoms with E-state index in [0.29, 0.717) is 6.42 Å². The molecule has 1 amide bonds. The van der Waals surface area contributed by atoms with E-state index >= 15 is 0 Å². The van der Waals surface area contributed by atoms with Gasteiger partial charge in [0.2, 0.25) is 5.91 Å². The normalized spacial score (nSPS) is 20.0. The monoisotopic (exact) mass is 200 g/mol. The number of rotatable bonds is 4. The molecule has 4 nitrogen and oxygen atoms in total.